The Balaban J connectivity index is 0.000000133. The summed E-state index contributed by atoms with van der Waals surface area (Å²) in [6, 6.07) is 42.1. The minimum absolute atomic E-state index is 0.0506. The van der Waals surface area contributed by atoms with E-state index in [0.29, 0.717) is 31.1 Å². The van der Waals surface area contributed by atoms with Crippen LogP contribution in [-0.4, -0.2) is 89.2 Å². The predicted octanol–water partition coefficient (Wildman–Crippen LogP) is 17.9. The van der Waals surface area contributed by atoms with Crippen molar-refractivity contribution in [2.24, 2.45) is 0 Å². The van der Waals surface area contributed by atoms with Crippen molar-refractivity contribution >= 4 is 83.0 Å². The lowest BCUT2D eigenvalue weighted by molar-refractivity contribution is -0.160. The van der Waals surface area contributed by atoms with Crippen LogP contribution in [-0.2, 0) is 47.9 Å². The molecule has 15 rings (SSSR count). The zero-order valence-corrected chi connectivity index (χ0v) is 58.6. The Morgan fingerprint density at radius 1 is 0.404 bits per heavy atom. The number of Topliss-reactive ketones (excluding diaryl/α,β-unsaturated/α-hetero) is 2. The number of hydrogen-bond acceptors (Lipinski definition) is 15. The standard InChI is InChI=1S/2C28H28N2O3.C27H26N2O4/c2*1-16-23(27(17(2)31)33-28(3,4)5)25(19-8-6-7-9-21(19)30-16)20-10-11-22-24-18(13-15-32-22)12-14-29-26(20)24;1-15-21(25(26(30)31)33-27(2,3)4)23(17-7-5-6-8-19(17)29-15)18-9-10-20-22-16(12-14-32-20)11-13-28-24(18)22/h2*6-12,14,27H,13,15H2,1-5H3;5-11,13,25H,12,14H2,1-4H3,(H,30,31)/t2*27-;25-/m110/s1. The van der Waals surface area contributed by atoms with E-state index in [9.17, 15) is 19.5 Å². The van der Waals surface area contributed by atoms with Gasteiger partial charge in [0, 0.05) is 137 Å². The van der Waals surface area contributed by atoms with Gasteiger partial charge in [-0.1, -0.05) is 54.6 Å². The van der Waals surface area contributed by atoms with Gasteiger partial charge >= 0.3 is 5.97 Å². The smallest absolute Gasteiger partial charge is 0.337 e. The van der Waals surface area contributed by atoms with Crippen LogP contribution in [0.5, 0.6) is 17.2 Å². The Morgan fingerprint density at radius 2 is 0.687 bits per heavy atom. The fourth-order valence-corrected chi connectivity index (χ4v) is 14.2. The van der Waals surface area contributed by atoms with E-state index >= 15 is 0 Å². The second-order valence-electron chi connectivity index (χ2n) is 28.6. The molecule has 16 heteroatoms. The number of hydrogen-bond donors (Lipinski definition) is 1. The number of aromatic nitrogens is 6. The first-order valence-corrected chi connectivity index (χ1v) is 33.8. The van der Waals surface area contributed by atoms with Crippen molar-refractivity contribution in [3.63, 3.8) is 0 Å². The number of carboxylic acids is 1. The van der Waals surface area contributed by atoms with Gasteiger partial charge < -0.3 is 33.5 Å². The molecule has 16 nitrogen and oxygen atoms in total. The van der Waals surface area contributed by atoms with Crippen LogP contribution < -0.4 is 14.2 Å². The molecule has 99 heavy (non-hydrogen) atoms. The molecule has 504 valence electrons. The van der Waals surface area contributed by atoms with E-state index in [-0.39, 0.29) is 11.6 Å². The van der Waals surface area contributed by atoms with Crippen molar-refractivity contribution in [3.8, 4) is 50.6 Å². The van der Waals surface area contributed by atoms with Gasteiger partial charge in [0.05, 0.1) is 69.7 Å². The van der Waals surface area contributed by atoms with E-state index in [2.05, 4.69) is 36.4 Å². The molecule has 6 aromatic heterocycles. The molecule has 3 aliphatic rings. The molecule has 6 aromatic carbocycles. The zero-order valence-electron chi connectivity index (χ0n) is 58.6. The van der Waals surface area contributed by atoms with Crippen LogP contribution in [0.2, 0.25) is 0 Å². The Labute approximate surface area is 576 Å². The molecule has 0 aliphatic carbocycles. The first-order valence-electron chi connectivity index (χ1n) is 33.8. The maximum absolute atomic E-state index is 12.9. The summed E-state index contributed by atoms with van der Waals surface area (Å²) < 4.78 is 36.6. The van der Waals surface area contributed by atoms with Crippen molar-refractivity contribution in [3.05, 3.63) is 196 Å². The van der Waals surface area contributed by atoms with Crippen LogP contribution in [0.3, 0.4) is 0 Å². The quantitative estimate of drug-likeness (QED) is 0.121. The topological polar surface area (TPSA) is 204 Å². The number of carboxylic acid groups (broad SMARTS) is 1. The fraction of sp³-hybridized carbons (Fsp3) is 0.313. The largest absolute Gasteiger partial charge is 0.493 e. The lowest BCUT2D eigenvalue weighted by atomic mass is 9.87. The number of para-hydroxylation sites is 3. The van der Waals surface area contributed by atoms with Crippen molar-refractivity contribution in [2.75, 3.05) is 19.8 Å². The van der Waals surface area contributed by atoms with Crippen LogP contribution in [0.15, 0.2) is 146 Å². The molecule has 0 saturated heterocycles. The van der Waals surface area contributed by atoms with Gasteiger partial charge in [0.25, 0.3) is 0 Å². The monoisotopic (exact) mass is 1320 g/mol. The molecule has 0 unspecified atom stereocenters. The summed E-state index contributed by atoms with van der Waals surface area (Å²) in [6.45, 7) is 28.2. The van der Waals surface area contributed by atoms with Gasteiger partial charge in [0.15, 0.2) is 17.7 Å². The molecule has 0 fully saturated rings. The number of pyridine rings is 6. The molecular formula is C83H82N6O10. The molecule has 0 bridgehead atoms. The van der Waals surface area contributed by atoms with Gasteiger partial charge in [0.1, 0.15) is 29.5 Å². The summed E-state index contributed by atoms with van der Waals surface area (Å²) in [5.41, 5.74) is 16.9. The second-order valence-corrected chi connectivity index (χ2v) is 28.6. The number of benzene rings is 6. The third-order valence-electron chi connectivity index (χ3n) is 18.0. The summed E-state index contributed by atoms with van der Waals surface area (Å²) in [5, 5.41) is 16.1. The highest BCUT2D eigenvalue weighted by Crippen LogP contribution is 2.49. The predicted molar refractivity (Wildman–Crippen MR) is 389 cm³/mol. The third-order valence-corrected chi connectivity index (χ3v) is 18.0. The van der Waals surface area contributed by atoms with Gasteiger partial charge in [0.2, 0.25) is 0 Å². The number of nitrogens with zero attached hydrogens (tertiary/aromatic N) is 6. The highest BCUT2D eigenvalue weighted by atomic mass is 16.5. The summed E-state index contributed by atoms with van der Waals surface area (Å²) >= 11 is 0. The SMILES string of the molecule is CC(=O)[C@@H](OC(C)(C)C)c1c(C)nc2ccccc2c1-c1ccc2c3c(ccnc13)CCO2.CC(=O)[C@@H](OC(C)(C)C)c1c(C)nc2ccccc2c1-c1ccc2c3c(ccnc13)CCO2.Cc1nc2ccccc2c(-c2ccc3c4c(ccnc24)CCO3)c1[C@H](OC(C)(C)C)C(=O)O. The van der Waals surface area contributed by atoms with E-state index in [0.717, 1.165) is 158 Å². The average molecular weight is 1320 g/mol. The first kappa shape index (κ1) is 67.4. The number of fused-ring (bicyclic) bond motifs is 3. The van der Waals surface area contributed by atoms with Gasteiger partial charge in [-0.05, 0) is 186 Å². The maximum atomic E-state index is 12.9. The molecule has 3 atom stereocenters. The number of ketones is 2. The first-order chi connectivity index (χ1) is 47.2. The van der Waals surface area contributed by atoms with E-state index in [4.69, 9.17) is 58.3 Å². The lowest BCUT2D eigenvalue weighted by Crippen LogP contribution is -2.28. The van der Waals surface area contributed by atoms with Crippen molar-refractivity contribution in [1.82, 2.24) is 29.9 Å². The Morgan fingerprint density at radius 3 is 0.970 bits per heavy atom. The van der Waals surface area contributed by atoms with Crippen molar-refractivity contribution in [1.29, 1.82) is 0 Å². The molecule has 9 heterocycles. The van der Waals surface area contributed by atoms with Crippen molar-refractivity contribution < 1.29 is 47.9 Å². The van der Waals surface area contributed by atoms with Crippen LogP contribution in [0.4, 0.5) is 0 Å². The van der Waals surface area contributed by atoms with E-state index in [1.807, 2.05) is 193 Å². The number of ether oxygens (including phenoxy) is 6. The molecule has 0 radical (unpaired) electrons. The van der Waals surface area contributed by atoms with Crippen LogP contribution in [0.1, 0.15) is 145 Å². The minimum Gasteiger partial charge on any atom is -0.493 e. The maximum Gasteiger partial charge on any atom is 0.337 e. The molecule has 0 amide bonds. The van der Waals surface area contributed by atoms with E-state index < -0.39 is 41.1 Å². The number of aryl methyl sites for hydroxylation is 3. The van der Waals surface area contributed by atoms with Gasteiger partial charge in [-0.2, -0.15) is 0 Å². The number of carbonyl (C=O) groups is 3. The minimum atomic E-state index is -1.18. The van der Waals surface area contributed by atoms with Crippen LogP contribution in [0.25, 0.3) is 98.8 Å². The zero-order chi connectivity index (χ0) is 70.0. The molecular weight excluding hydrogens is 1240 g/mol. The Hall–Kier alpha value is -10.1. The van der Waals surface area contributed by atoms with Gasteiger partial charge in [-0.25, -0.2) is 4.79 Å². The van der Waals surface area contributed by atoms with E-state index in [1.54, 1.807) is 13.8 Å². The third kappa shape index (κ3) is 13.3. The van der Waals surface area contributed by atoms with Gasteiger partial charge in [-0.3, -0.25) is 39.5 Å². The Bertz CT molecular complexity index is 4690. The summed E-state index contributed by atoms with van der Waals surface area (Å²) in [4.78, 5) is 67.1. The average Bonchev–Trinajstić information content (AvgIpc) is 0.746. The number of carbonyl (C=O) groups excluding carboxylic acids is 2. The second kappa shape index (κ2) is 26.6. The fourth-order valence-electron chi connectivity index (χ4n) is 14.2. The molecule has 3 aliphatic heterocycles. The molecule has 1 N–H and O–H groups in total. The highest BCUT2D eigenvalue weighted by molar-refractivity contribution is 6.11. The van der Waals surface area contributed by atoms with E-state index in [1.165, 1.54) is 16.7 Å². The molecule has 0 saturated carbocycles. The summed E-state index contributed by atoms with van der Waals surface area (Å²) in [7, 11) is 0. The van der Waals surface area contributed by atoms with Crippen LogP contribution in [0, 0.1) is 20.8 Å². The summed E-state index contributed by atoms with van der Waals surface area (Å²) in [5.74, 6) is 1.36. The molecule has 12 aromatic rings. The van der Waals surface area contributed by atoms with Crippen LogP contribution >= 0.6 is 0 Å². The summed E-state index contributed by atoms with van der Waals surface area (Å²) in [6.07, 6.45) is 5.39. The van der Waals surface area contributed by atoms with Gasteiger partial charge in [-0.15, -0.1) is 0 Å². The number of aliphatic carboxylic acids is 1. The van der Waals surface area contributed by atoms with Crippen molar-refractivity contribution in [2.45, 2.75) is 151 Å². The normalized spacial score (nSPS) is 14.3. The molecule has 0 spiro atoms. The lowest BCUT2D eigenvalue weighted by Gasteiger charge is -2.29. The Kier molecular flexibility index (Phi) is 18.1. The number of rotatable bonds is 12. The highest BCUT2D eigenvalue weighted by Gasteiger charge is 2.36.